The van der Waals surface area contributed by atoms with Gasteiger partial charge < -0.3 is 4.90 Å². The molecular formula is C21H21N3O2. The van der Waals surface area contributed by atoms with Gasteiger partial charge in [0.15, 0.2) is 0 Å². The van der Waals surface area contributed by atoms with Crippen LogP contribution in [0.15, 0.2) is 59.5 Å². The Balaban J connectivity index is 1.82. The first-order valence-electron chi connectivity index (χ1n) is 9.06. The summed E-state index contributed by atoms with van der Waals surface area (Å²) in [6.07, 6.45) is 4.82. The Labute approximate surface area is 151 Å². The van der Waals surface area contributed by atoms with Gasteiger partial charge >= 0.3 is 0 Å². The Morgan fingerprint density at radius 2 is 1.77 bits per heavy atom. The molecule has 0 N–H and O–H groups in total. The van der Waals surface area contributed by atoms with E-state index in [1.807, 2.05) is 42.5 Å². The maximum Gasteiger partial charge on any atom is 0.265 e. The minimum atomic E-state index is -0.268. The van der Waals surface area contributed by atoms with Gasteiger partial charge in [0.2, 0.25) is 0 Å². The molecule has 0 unspecified atom stereocenters. The molecule has 0 aliphatic carbocycles. The number of benzene rings is 1. The van der Waals surface area contributed by atoms with E-state index in [9.17, 15) is 9.59 Å². The molecular weight excluding hydrogens is 326 g/mol. The standard InChI is InChI=1S/C21H21N3O2/c25-20(23-12-5-2-6-13-23)18-14-17-10-7-11-22-19(17)24(21(18)26)15-16-8-3-1-4-9-16/h1,3-4,7-11,14H,2,5-6,12-13,15H2. The summed E-state index contributed by atoms with van der Waals surface area (Å²) in [6, 6.07) is 15.2. The highest BCUT2D eigenvalue weighted by atomic mass is 16.2. The molecule has 3 aromatic rings. The van der Waals surface area contributed by atoms with Crippen LogP contribution < -0.4 is 5.56 Å². The van der Waals surface area contributed by atoms with Crippen molar-refractivity contribution in [3.63, 3.8) is 0 Å². The number of likely N-dealkylation sites (tertiary alicyclic amines) is 1. The normalized spacial score (nSPS) is 14.5. The molecule has 3 heterocycles. The Bertz CT molecular complexity index is 989. The van der Waals surface area contributed by atoms with Gasteiger partial charge in [0.25, 0.3) is 11.5 Å². The molecule has 26 heavy (non-hydrogen) atoms. The largest absolute Gasteiger partial charge is 0.338 e. The number of hydrogen-bond donors (Lipinski definition) is 0. The van der Waals surface area contributed by atoms with Crippen LogP contribution >= 0.6 is 0 Å². The fourth-order valence-electron chi connectivity index (χ4n) is 3.54. The van der Waals surface area contributed by atoms with E-state index in [0.717, 1.165) is 43.3 Å². The lowest BCUT2D eigenvalue weighted by Gasteiger charge is -2.26. The van der Waals surface area contributed by atoms with Crippen molar-refractivity contribution in [3.05, 3.63) is 76.2 Å². The van der Waals surface area contributed by atoms with Crippen LogP contribution in [-0.4, -0.2) is 33.4 Å². The van der Waals surface area contributed by atoms with Crippen LogP contribution in [0.2, 0.25) is 0 Å². The van der Waals surface area contributed by atoms with Gasteiger partial charge in [0.05, 0.1) is 6.54 Å². The van der Waals surface area contributed by atoms with Crippen LogP contribution in [0.5, 0.6) is 0 Å². The lowest BCUT2D eigenvalue weighted by atomic mass is 10.1. The third kappa shape index (κ3) is 3.12. The summed E-state index contributed by atoms with van der Waals surface area (Å²) in [5, 5.41) is 0.809. The van der Waals surface area contributed by atoms with Crippen LogP contribution in [0.1, 0.15) is 35.2 Å². The summed E-state index contributed by atoms with van der Waals surface area (Å²) in [4.78, 5) is 32.3. The van der Waals surface area contributed by atoms with E-state index < -0.39 is 0 Å². The second-order valence-electron chi connectivity index (χ2n) is 6.70. The molecule has 2 aromatic heterocycles. The van der Waals surface area contributed by atoms with Crippen LogP contribution in [0.4, 0.5) is 0 Å². The zero-order valence-corrected chi connectivity index (χ0v) is 14.6. The summed E-state index contributed by atoms with van der Waals surface area (Å²) in [6.45, 7) is 1.85. The number of fused-ring (bicyclic) bond motifs is 1. The molecule has 1 aliphatic rings. The summed E-state index contributed by atoms with van der Waals surface area (Å²) in [5.74, 6) is -0.165. The number of piperidine rings is 1. The molecule has 1 fully saturated rings. The number of nitrogens with zero attached hydrogens (tertiary/aromatic N) is 3. The first kappa shape index (κ1) is 16.5. The molecule has 5 nitrogen and oxygen atoms in total. The maximum absolute atomic E-state index is 13.1. The van der Waals surface area contributed by atoms with Gasteiger partial charge in [-0.3, -0.25) is 14.2 Å². The molecule has 0 bridgehead atoms. The van der Waals surface area contributed by atoms with Crippen LogP contribution in [0.3, 0.4) is 0 Å². The van der Waals surface area contributed by atoms with Gasteiger partial charge in [0, 0.05) is 24.7 Å². The monoisotopic (exact) mass is 347 g/mol. The van der Waals surface area contributed by atoms with Crippen molar-refractivity contribution in [2.45, 2.75) is 25.8 Å². The molecule has 0 atom stereocenters. The molecule has 0 saturated carbocycles. The Morgan fingerprint density at radius 1 is 1.00 bits per heavy atom. The molecule has 0 spiro atoms. The van der Waals surface area contributed by atoms with E-state index in [-0.39, 0.29) is 17.0 Å². The maximum atomic E-state index is 13.1. The van der Waals surface area contributed by atoms with Gasteiger partial charge in [0.1, 0.15) is 11.2 Å². The topological polar surface area (TPSA) is 55.2 Å². The molecule has 1 saturated heterocycles. The summed E-state index contributed by atoms with van der Waals surface area (Å²) in [5.41, 5.74) is 1.58. The zero-order chi connectivity index (χ0) is 17.9. The van der Waals surface area contributed by atoms with Crippen molar-refractivity contribution in [2.24, 2.45) is 0 Å². The SMILES string of the molecule is O=C(c1cc2cccnc2n(Cc2ccccc2)c1=O)N1CCCCC1. The van der Waals surface area contributed by atoms with Gasteiger partial charge in [-0.05, 0) is 43.0 Å². The minimum Gasteiger partial charge on any atom is -0.338 e. The fourth-order valence-corrected chi connectivity index (χ4v) is 3.54. The second-order valence-corrected chi connectivity index (χ2v) is 6.70. The third-order valence-electron chi connectivity index (χ3n) is 4.91. The van der Waals surface area contributed by atoms with Gasteiger partial charge in [-0.1, -0.05) is 30.3 Å². The number of pyridine rings is 2. The van der Waals surface area contributed by atoms with E-state index in [1.54, 1.807) is 21.7 Å². The van der Waals surface area contributed by atoms with E-state index in [2.05, 4.69) is 4.98 Å². The highest BCUT2D eigenvalue weighted by molar-refractivity contribution is 5.97. The first-order chi connectivity index (χ1) is 12.7. The molecule has 1 amide bonds. The number of carbonyl (C=O) groups excluding carboxylic acids is 1. The zero-order valence-electron chi connectivity index (χ0n) is 14.6. The third-order valence-corrected chi connectivity index (χ3v) is 4.91. The minimum absolute atomic E-state index is 0.165. The fraction of sp³-hybridized carbons (Fsp3) is 0.286. The molecule has 132 valence electrons. The smallest absolute Gasteiger partial charge is 0.265 e. The average Bonchev–Trinajstić information content (AvgIpc) is 2.71. The van der Waals surface area contributed by atoms with Crippen LogP contribution in [-0.2, 0) is 6.54 Å². The number of rotatable bonds is 3. The van der Waals surface area contributed by atoms with E-state index in [1.165, 1.54) is 0 Å². The second kappa shape index (κ2) is 7.12. The van der Waals surface area contributed by atoms with E-state index in [4.69, 9.17) is 0 Å². The van der Waals surface area contributed by atoms with Crippen molar-refractivity contribution >= 4 is 16.9 Å². The van der Waals surface area contributed by atoms with E-state index in [0.29, 0.717) is 12.2 Å². The Hall–Kier alpha value is -2.95. The first-order valence-corrected chi connectivity index (χ1v) is 9.06. The molecule has 1 aromatic carbocycles. The van der Waals surface area contributed by atoms with Crippen molar-refractivity contribution < 1.29 is 4.79 Å². The van der Waals surface area contributed by atoms with Gasteiger partial charge in [-0.25, -0.2) is 4.98 Å². The summed E-state index contributed by atoms with van der Waals surface area (Å²) >= 11 is 0. The van der Waals surface area contributed by atoms with Crippen molar-refractivity contribution in [1.29, 1.82) is 0 Å². The van der Waals surface area contributed by atoms with Gasteiger partial charge in [-0.2, -0.15) is 0 Å². The van der Waals surface area contributed by atoms with Crippen molar-refractivity contribution in [3.8, 4) is 0 Å². The number of carbonyl (C=O) groups is 1. The lowest BCUT2D eigenvalue weighted by Crippen LogP contribution is -2.39. The Morgan fingerprint density at radius 3 is 2.54 bits per heavy atom. The highest BCUT2D eigenvalue weighted by Gasteiger charge is 2.23. The van der Waals surface area contributed by atoms with Crippen molar-refractivity contribution in [2.75, 3.05) is 13.1 Å². The molecule has 1 aliphatic heterocycles. The quantitative estimate of drug-likeness (QED) is 0.732. The van der Waals surface area contributed by atoms with Crippen LogP contribution in [0, 0.1) is 0 Å². The number of amides is 1. The van der Waals surface area contributed by atoms with E-state index >= 15 is 0 Å². The summed E-state index contributed by atoms with van der Waals surface area (Å²) in [7, 11) is 0. The Kier molecular flexibility index (Phi) is 4.52. The number of aromatic nitrogens is 2. The predicted octanol–water partition coefficient (Wildman–Crippen LogP) is 3.07. The molecule has 5 heteroatoms. The van der Waals surface area contributed by atoms with Crippen molar-refractivity contribution in [1.82, 2.24) is 14.5 Å². The summed E-state index contributed by atoms with van der Waals surface area (Å²) < 4.78 is 1.61. The number of hydrogen-bond acceptors (Lipinski definition) is 3. The predicted molar refractivity (Wildman–Crippen MR) is 101 cm³/mol. The lowest BCUT2D eigenvalue weighted by molar-refractivity contribution is 0.0722. The molecule has 0 radical (unpaired) electrons. The molecule has 4 rings (SSSR count). The van der Waals surface area contributed by atoms with Crippen LogP contribution in [0.25, 0.3) is 11.0 Å². The van der Waals surface area contributed by atoms with Gasteiger partial charge in [-0.15, -0.1) is 0 Å². The average molecular weight is 347 g/mol. The highest BCUT2D eigenvalue weighted by Crippen LogP contribution is 2.16.